The summed E-state index contributed by atoms with van der Waals surface area (Å²) in [7, 11) is 1.70. The second-order valence-electron chi connectivity index (χ2n) is 12.3. The molecule has 2 aromatic rings. The number of carbonyl (C=O) groups excluding carboxylic acids is 1. The highest BCUT2D eigenvalue weighted by molar-refractivity contribution is 6.01. The maximum absolute atomic E-state index is 13.7. The fourth-order valence-electron chi connectivity index (χ4n) is 5.41. The van der Waals surface area contributed by atoms with Gasteiger partial charge in [0, 0.05) is 36.3 Å². The molecule has 1 aliphatic heterocycles. The number of phenolic OH excluding ortho intramolecular Hbond substituents is 1. The van der Waals surface area contributed by atoms with Crippen LogP contribution < -0.4 is 0 Å². The molecular formula is C31H44N2O3. The molecule has 5 nitrogen and oxygen atoms in total. The SMILES string of the molecule is CCCC1CN(CC(=O)c2cc(C(C)(C)C)c(O)c(C(C)(C)C)c2)C(=N)C1c1ccccc1COC. The molecule has 1 heterocycles. The molecule has 0 bridgehead atoms. The van der Waals surface area contributed by atoms with E-state index < -0.39 is 0 Å². The van der Waals surface area contributed by atoms with Crippen LogP contribution in [0.5, 0.6) is 5.75 Å². The minimum atomic E-state index is -0.302. The van der Waals surface area contributed by atoms with Crippen LogP contribution in [0.1, 0.15) is 99.8 Å². The molecule has 1 saturated heterocycles. The number of methoxy groups -OCH3 is 1. The van der Waals surface area contributed by atoms with Gasteiger partial charge in [-0.3, -0.25) is 10.2 Å². The number of ether oxygens (including phenoxy) is 1. The smallest absolute Gasteiger partial charge is 0.182 e. The average molecular weight is 493 g/mol. The van der Waals surface area contributed by atoms with Crippen molar-refractivity contribution in [3.05, 3.63) is 64.2 Å². The van der Waals surface area contributed by atoms with E-state index in [9.17, 15) is 9.90 Å². The summed E-state index contributed by atoms with van der Waals surface area (Å²) in [6, 6.07) is 11.9. The predicted octanol–water partition coefficient (Wildman–Crippen LogP) is 6.81. The lowest BCUT2D eigenvalue weighted by molar-refractivity contribution is 0.0963. The van der Waals surface area contributed by atoms with Gasteiger partial charge in [-0.25, -0.2) is 0 Å². The molecule has 196 valence electrons. The minimum Gasteiger partial charge on any atom is -0.507 e. The van der Waals surface area contributed by atoms with E-state index >= 15 is 0 Å². The average Bonchev–Trinajstić information content (AvgIpc) is 3.07. The van der Waals surface area contributed by atoms with Crippen LogP contribution >= 0.6 is 0 Å². The lowest BCUT2D eigenvalue weighted by atomic mass is 9.78. The van der Waals surface area contributed by atoms with Crippen LogP contribution in [0.2, 0.25) is 0 Å². The quantitative estimate of drug-likeness (QED) is 0.397. The normalized spacial score (nSPS) is 18.7. The number of carbonyl (C=O) groups is 1. The second kappa shape index (κ2) is 10.8. The highest BCUT2D eigenvalue weighted by Gasteiger charge is 2.39. The van der Waals surface area contributed by atoms with Crippen LogP contribution in [0.4, 0.5) is 0 Å². The Hall–Kier alpha value is -2.66. The molecular weight excluding hydrogens is 448 g/mol. The van der Waals surface area contributed by atoms with Gasteiger partial charge in [0.25, 0.3) is 0 Å². The van der Waals surface area contributed by atoms with Gasteiger partial charge in [0.2, 0.25) is 0 Å². The molecule has 5 heteroatoms. The number of rotatable bonds is 8. The van der Waals surface area contributed by atoms with Crippen molar-refractivity contribution in [2.24, 2.45) is 5.92 Å². The Morgan fingerprint density at radius 2 is 1.67 bits per heavy atom. The zero-order valence-corrected chi connectivity index (χ0v) is 23.4. The topological polar surface area (TPSA) is 73.6 Å². The zero-order valence-electron chi connectivity index (χ0n) is 23.4. The molecule has 1 fully saturated rings. The van der Waals surface area contributed by atoms with Crippen molar-refractivity contribution in [3.8, 4) is 5.75 Å². The van der Waals surface area contributed by atoms with Crippen LogP contribution in [-0.2, 0) is 22.2 Å². The maximum atomic E-state index is 13.7. The van der Waals surface area contributed by atoms with Gasteiger partial charge in [-0.05, 0) is 46.4 Å². The molecule has 36 heavy (non-hydrogen) atoms. The molecule has 0 aliphatic carbocycles. The highest BCUT2D eigenvalue weighted by Crippen LogP contribution is 2.41. The fourth-order valence-corrected chi connectivity index (χ4v) is 5.41. The van der Waals surface area contributed by atoms with Gasteiger partial charge in [0.15, 0.2) is 5.78 Å². The highest BCUT2D eigenvalue weighted by atomic mass is 16.5. The summed E-state index contributed by atoms with van der Waals surface area (Å²) in [5.74, 6) is 1.01. The number of aromatic hydroxyl groups is 1. The third-order valence-corrected chi connectivity index (χ3v) is 7.29. The Bertz CT molecular complexity index is 1070. The lowest BCUT2D eigenvalue weighted by Gasteiger charge is -2.28. The van der Waals surface area contributed by atoms with Gasteiger partial charge < -0.3 is 14.7 Å². The first-order valence-electron chi connectivity index (χ1n) is 13.1. The van der Waals surface area contributed by atoms with Gasteiger partial charge in [-0.15, -0.1) is 0 Å². The summed E-state index contributed by atoms with van der Waals surface area (Å²) < 4.78 is 5.44. The monoisotopic (exact) mass is 492 g/mol. The van der Waals surface area contributed by atoms with Crippen LogP contribution in [0.25, 0.3) is 0 Å². The first-order chi connectivity index (χ1) is 16.8. The summed E-state index contributed by atoms with van der Waals surface area (Å²) in [5.41, 5.74) is 3.80. The number of benzene rings is 2. The Morgan fingerprint density at radius 1 is 1.08 bits per heavy atom. The zero-order chi connectivity index (χ0) is 26.8. The second-order valence-corrected chi connectivity index (χ2v) is 12.3. The van der Waals surface area contributed by atoms with Crippen molar-refractivity contribution in [2.45, 2.75) is 84.7 Å². The number of Topliss-reactive ketones (excluding diaryl/α,β-unsaturated/α-hetero) is 1. The molecule has 0 saturated carbocycles. The number of hydrogen-bond donors (Lipinski definition) is 2. The number of ketones is 1. The van der Waals surface area contributed by atoms with Crippen molar-refractivity contribution in [1.29, 1.82) is 5.41 Å². The van der Waals surface area contributed by atoms with E-state index in [4.69, 9.17) is 10.1 Å². The Balaban J connectivity index is 1.96. The third-order valence-electron chi connectivity index (χ3n) is 7.29. The minimum absolute atomic E-state index is 0.0168. The number of hydrogen-bond acceptors (Lipinski definition) is 4. The van der Waals surface area contributed by atoms with E-state index in [-0.39, 0.29) is 40.7 Å². The standard InChI is InChI=1S/C31H44N2O3/c1-9-12-20-17-33(29(32)27(20)23-14-11-10-13-21(23)19-36-8)18-26(34)22-15-24(30(2,3)4)28(35)25(16-22)31(5,6)7/h10-11,13-16,20,27,32,35H,9,12,17-19H2,1-8H3. The summed E-state index contributed by atoms with van der Waals surface area (Å²) in [6.07, 6.45) is 2.03. The lowest BCUT2D eigenvalue weighted by Crippen LogP contribution is -2.32. The number of nitrogens with zero attached hydrogens (tertiary/aromatic N) is 1. The molecule has 1 aliphatic rings. The Morgan fingerprint density at radius 3 is 2.19 bits per heavy atom. The summed E-state index contributed by atoms with van der Waals surface area (Å²) in [6.45, 7) is 15.9. The van der Waals surface area contributed by atoms with E-state index in [1.807, 2.05) is 29.2 Å². The Labute approximate surface area is 217 Å². The molecule has 0 aromatic heterocycles. The summed E-state index contributed by atoms with van der Waals surface area (Å²) in [5, 5.41) is 20.2. The van der Waals surface area contributed by atoms with Crippen molar-refractivity contribution in [3.63, 3.8) is 0 Å². The van der Waals surface area contributed by atoms with E-state index in [2.05, 4.69) is 60.6 Å². The van der Waals surface area contributed by atoms with Crippen LogP contribution in [0.3, 0.4) is 0 Å². The fraction of sp³-hybridized carbons (Fsp3) is 0.548. The van der Waals surface area contributed by atoms with E-state index in [1.54, 1.807) is 7.11 Å². The van der Waals surface area contributed by atoms with Crippen LogP contribution in [0.15, 0.2) is 36.4 Å². The molecule has 3 rings (SSSR count). The number of likely N-dealkylation sites (tertiary alicyclic amines) is 1. The molecule has 2 aromatic carbocycles. The first-order valence-corrected chi connectivity index (χ1v) is 13.1. The van der Waals surface area contributed by atoms with E-state index in [1.165, 1.54) is 0 Å². The molecule has 0 radical (unpaired) electrons. The van der Waals surface area contributed by atoms with Crippen LogP contribution in [-0.4, -0.2) is 41.8 Å². The number of nitrogens with one attached hydrogen (secondary N) is 1. The molecule has 2 N–H and O–H groups in total. The number of amidine groups is 1. The van der Waals surface area contributed by atoms with Gasteiger partial charge in [0.05, 0.1) is 13.2 Å². The predicted molar refractivity (Wildman–Crippen MR) is 147 cm³/mol. The van der Waals surface area contributed by atoms with E-state index in [0.717, 1.165) is 35.1 Å². The first kappa shape index (κ1) is 27.9. The van der Waals surface area contributed by atoms with Gasteiger partial charge in [0.1, 0.15) is 11.6 Å². The maximum Gasteiger partial charge on any atom is 0.182 e. The molecule has 2 atom stereocenters. The molecule has 0 spiro atoms. The molecule has 0 amide bonds. The van der Waals surface area contributed by atoms with Crippen LogP contribution in [0, 0.1) is 11.3 Å². The third kappa shape index (κ3) is 5.83. The largest absolute Gasteiger partial charge is 0.507 e. The number of phenols is 1. The summed E-state index contributed by atoms with van der Waals surface area (Å²) in [4.78, 5) is 15.6. The molecule has 2 unspecified atom stereocenters. The van der Waals surface area contributed by atoms with Crippen molar-refractivity contribution < 1.29 is 14.6 Å². The summed E-state index contributed by atoms with van der Waals surface area (Å²) >= 11 is 0. The Kier molecular flexibility index (Phi) is 8.34. The van der Waals surface area contributed by atoms with Gasteiger partial charge >= 0.3 is 0 Å². The van der Waals surface area contributed by atoms with Crippen molar-refractivity contribution in [2.75, 3.05) is 20.2 Å². The van der Waals surface area contributed by atoms with Gasteiger partial charge in [-0.1, -0.05) is 79.2 Å². The van der Waals surface area contributed by atoms with Crippen molar-refractivity contribution in [1.82, 2.24) is 4.90 Å². The van der Waals surface area contributed by atoms with Gasteiger partial charge in [-0.2, -0.15) is 0 Å². The van der Waals surface area contributed by atoms with E-state index in [0.29, 0.717) is 24.6 Å². The van der Waals surface area contributed by atoms with Crippen molar-refractivity contribution >= 4 is 11.6 Å².